The molecule has 0 radical (unpaired) electrons. The molecule has 3 aromatic rings. The summed E-state index contributed by atoms with van der Waals surface area (Å²) < 4.78 is 2.03. The number of fused-ring (bicyclic) bond motifs is 1. The van der Waals surface area contributed by atoms with Crippen LogP contribution in [-0.4, -0.2) is 89.9 Å². The number of likely N-dealkylation sites (N-methyl/N-ethyl adjacent to an activating group) is 1. The Labute approximate surface area is 194 Å². The summed E-state index contributed by atoms with van der Waals surface area (Å²) in [6.07, 6.45) is 5.85. The largest absolute Gasteiger partial charge is 0.381 e. The van der Waals surface area contributed by atoms with Gasteiger partial charge in [-0.15, -0.1) is 0 Å². The molecule has 1 saturated heterocycles. The number of nitrogens with one attached hydrogen (secondary N) is 1. The van der Waals surface area contributed by atoms with E-state index in [1.807, 2.05) is 47.3 Å². The minimum atomic E-state index is -0.00617. The lowest BCUT2D eigenvalue weighted by molar-refractivity contribution is -0.130. The SMILES string of the molecule is CN(C)C(=O)CN1CCC(Nc2ccc(-n3ccc4cc(C(=O)N(C)C)ccc43)nc2)CC1. The van der Waals surface area contributed by atoms with Crippen LogP contribution in [0.3, 0.4) is 0 Å². The first kappa shape index (κ1) is 22.8. The monoisotopic (exact) mass is 448 g/mol. The van der Waals surface area contributed by atoms with Crippen molar-refractivity contribution in [2.24, 2.45) is 0 Å². The van der Waals surface area contributed by atoms with Gasteiger partial charge in [0.2, 0.25) is 5.91 Å². The fourth-order valence-corrected chi connectivity index (χ4v) is 4.15. The molecule has 3 heterocycles. The van der Waals surface area contributed by atoms with E-state index in [-0.39, 0.29) is 11.8 Å². The molecule has 0 saturated carbocycles. The van der Waals surface area contributed by atoms with E-state index in [9.17, 15) is 9.59 Å². The maximum absolute atomic E-state index is 12.2. The van der Waals surface area contributed by atoms with Gasteiger partial charge in [0, 0.05) is 64.5 Å². The molecule has 2 amide bonds. The van der Waals surface area contributed by atoms with Gasteiger partial charge in [0.1, 0.15) is 5.82 Å². The van der Waals surface area contributed by atoms with Gasteiger partial charge < -0.3 is 19.7 Å². The first-order chi connectivity index (χ1) is 15.8. The van der Waals surface area contributed by atoms with Gasteiger partial charge in [-0.25, -0.2) is 4.98 Å². The Hall–Kier alpha value is -3.39. The molecule has 0 spiro atoms. The lowest BCUT2D eigenvalue weighted by Gasteiger charge is -2.32. The van der Waals surface area contributed by atoms with Crippen LogP contribution in [0.1, 0.15) is 23.2 Å². The molecule has 0 unspecified atom stereocenters. The van der Waals surface area contributed by atoms with Crippen molar-refractivity contribution in [3.63, 3.8) is 0 Å². The standard InChI is InChI=1S/C25H32N6O2/c1-28(2)24(32)17-30-12-10-20(11-13-30)27-21-6-8-23(26-16-21)31-14-9-18-15-19(5-7-22(18)31)25(33)29(3)4/h5-9,14-16,20,27H,10-13,17H2,1-4H3. The third-order valence-electron chi connectivity index (χ3n) is 6.15. The van der Waals surface area contributed by atoms with E-state index in [4.69, 9.17) is 0 Å². The molecule has 0 atom stereocenters. The maximum atomic E-state index is 12.2. The van der Waals surface area contributed by atoms with Crippen molar-refractivity contribution in [3.05, 3.63) is 54.4 Å². The third-order valence-corrected chi connectivity index (χ3v) is 6.15. The lowest BCUT2D eigenvalue weighted by Crippen LogP contribution is -2.43. The van der Waals surface area contributed by atoms with Gasteiger partial charge in [-0.05, 0) is 49.2 Å². The van der Waals surface area contributed by atoms with E-state index in [1.165, 1.54) is 0 Å². The van der Waals surface area contributed by atoms with Gasteiger partial charge in [0.25, 0.3) is 5.91 Å². The molecule has 33 heavy (non-hydrogen) atoms. The molecule has 1 fully saturated rings. The highest BCUT2D eigenvalue weighted by Gasteiger charge is 2.21. The van der Waals surface area contributed by atoms with Gasteiger partial charge in [-0.2, -0.15) is 0 Å². The van der Waals surface area contributed by atoms with Crippen LogP contribution in [0.25, 0.3) is 16.7 Å². The Bertz CT molecular complexity index is 1130. The number of likely N-dealkylation sites (tertiary alicyclic amines) is 1. The second-order valence-electron chi connectivity index (χ2n) is 9.05. The van der Waals surface area contributed by atoms with Gasteiger partial charge in [-0.3, -0.25) is 14.5 Å². The van der Waals surface area contributed by atoms with Gasteiger partial charge in [-0.1, -0.05) is 0 Å². The van der Waals surface area contributed by atoms with Crippen LogP contribution in [-0.2, 0) is 4.79 Å². The number of nitrogens with zero attached hydrogens (tertiary/aromatic N) is 5. The van der Waals surface area contributed by atoms with E-state index < -0.39 is 0 Å². The Balaban J connectivity index is 1.38. The number of hydrogen-bond acceptors (Lipinski definition) is 5. The summed E-state index contributed by atoms with van der Waals surface area (Å²) in [6.45, 7) is 2.32. The number of pyridine rings is 1. The minimum absolute atomic E-state index is 0.00617. The van der Waals surface area contributed by atoms with Crippen LogP contribution in [0.15, 0.2) is 48.8 Å². The zero-order valence-corrected chi connectivity index (χ0v) is 19.8. The van der Waals surface area contributed by atoms with Crippen LogP contribution >= 0.6 is 0 Å². The number of carbonyl (C=O) groups is 2. The topological polar surface area (TPSA) is 73.7 Å². The number of aromatic nitrogens is 2. The summed E-state index contributed by atoms with van der Waals surface area (Å²) in [5.74, 6) is 0.979. The molecule has 0 bridgehead atoms. The second kappa shape index (κ2) is 9.62. The molecule has 8 nitrogen and oxygen atoms in total. The van der Waals surface area contributed by atoms with Gasteiger partial charge in [0.15, 0.2) is 0 Å². The van der Waals surface area contributed by atoms with Crippen molar-refractivity contribution in [2.45, 2.75) is 18.9 Å². The predicted octanol–water partition coefficient (Wildman–Crippen LogP) is 2.69. The summed E-state index contributed by atoms with van der Waals surface area (Å²) in [6, 6.07) is 12.2. The second-order valence-corrected chi connectivity index (χ2v) is 9.05. The van der Waals surface area contributed by atoms with Crippen molar-refractivity contribution in [1.29, 1.82) is 0 Å². The molecular formula is C25H32N6O2. The molecule has 1 aromatic carbocycles. The Morgan fingerprint density at radius 3 is 2.42 bits per heavy atom. The molecule has 8 heteroatoms. The summed E-state index contributed by atoms with van der Waals surface area (Å²) in [5, 5.41) is 4.59. The molecule has 1 aliphatic rings. The average molecular weight is 449 g/mol. The third kappa shape index (κ3) is 5.17. The number of anilines is 1. The number of hydrogen-bond donors (Lipinski definition) is 1. The van der Waals surface area contributed by atoms with Crippen molar-refractivity contribution in [2.75, 3.05) is 53.1 Å². The van der Waals surface area contributed by atoms with E-state index >= 15 is 0 Å². The van der Waals surface area contributed by atoms with Crippen LogP contribution in [0.2, 0.25) is 0 Å². The molecule has 0 aliphatic carbocycles. The average Bonchev–Trinajstić information content (AvgIpc) is 3.23. The molecular weight excluding hydrogens is 416 g/mol. The zero-order chi connectivity index (χ0) is 23.5. The zero-order valence-electron chi connectivity index (χ0n) is 19.8. The summed E-state index contributed by atoms with van der Waals surface area (Å²) >= 11 is 0. The summed E-state index contributed by atoms with van der Waals surface area (Å²) in [4.78, 5) is 34.3. The Kier molecular flexibility index (Phi) is 6.65. The molecule has 4 rings (SSSR count). The molecule has 1 aliphatic heterocycles. The van der Waals surface area contributed by atoms with Crippen molar-refractivity contribution in [3.8, 4) is 5.82 Å². The minimum Gasteiger partial charge on any atom is -0.381 e. The smallest absolute Gasteiger partial charge is 0.253 e. The van der Waals surface area contributed by atoms with Gasteiger partial charge >= 0.3 is 0 Å². The lowest BCUT2D eigenvalue weighted by atomic mass is 10.0. The number of amides is 2. The van der Waals surface area contributed by atoms with Crippen LogP contribution in [0.4, 0.5) is 5.69 Å². The van der Waals surface area contributed by atoms with Crippen molar-refractivity contribution in [1.82, 2.24) is 24.3 Å². The van der Waals surface area contributed by atoms with Crippen LogP contribution in [0.5, 0.6) is 0 Å². The molecule has 174 valence electrons. The Morgan fingerprint density at radius 1 is 1.03 bits per heavy atom. The fourth-order valence-electron chi connectivity index (χ4n) is 4.15. The quantitative estimate of drug-likeness (QED) is 0.628. The van der Waals surface area contributed by atoms with E-state index in [2.05, 4.69) is 21.3 Å². The highest BCUT2D eigenvalue weighted by molar-refractivity contribution is 5.98. The van der Waals surface area contributed by atoms with Crippen LogP contribution < -0.4 is 5.32 Å². The van der Waals surface area contributed by atoms with E-state index in [0.717, 1.165) is 48.3 Å². The van der Waals surface area contributed by atoms with E-state index in [0.29, 0.717) is 18.2 Å². The van der Waals surface area contributed by atoms with Crippen molar-refractivity contribution < 1.29 is 9.59 Å². The maximum Gasteiger partial charge on any atom is 0.253 e. The highest BCUT2D eigenvalue weighted by Crippen LogP contribution is 2.23. The number of rotatable bonds is 6. The fraction of sp³-hybridized carbons (Fsp3) is 0.400. The summed E-state index contributed by atoms with van der Waals surface area (Å²) in [5.41, 5.74) is 2.69. The Morgan fingerprint density at radius 2 is 1.79 bits per heavy atom. The highest BCUT2D eigenvalue weighted by atomic mass is 16.2. The first-order valence-electron chi connectivity index (χ1n) is 11.3. The van der Waals surface area contributed by atoms with Crippen LogP contribution in [0, 0.1) is 0 Å². The molecule has 1 N–H and O–H groups in total. The normalized spacial score (nSPS) is 14.9. The molecule has 2 aromatic heterocycles. The number of piperidine rings is 1. The predicted molar refractivity (Wildman–Crippen MR) is 131 cm³/mol. The number of carbonyl (C=O) groups excluding carboxylic acids is 2. The van der Waals surface area contributed by atoms with Crippen molar-refractivity contribution >= 4 is 28.4 Å². The number of benzene rings is 1. The van der Waals surface area contributed by atoms with E-state index in [1.54, 1.807) is 38.0 Å². The summed E-state index contributed by atoms with van der Waals surface area (Å²) in [7, 11) is 7.11. The van der Waals surface area contributed by atoms with Gasteiger partial charge in [0.05, 0.1) is 23.9 Å². The first-order valence-corrected chi connectivity index (χ1v) is 11.3.